The molecule has 2 aliphatic rings. The number of unbranched alkanes of at least 4 members (excludes halogenated alkanes) is 1. The Morgan fingerprint density at radius 1 is 0.933 bits per heavy atom. The van der Waals surface area contributed by atoms with Crippen LogP contribution in [0.4, 0.5) is 9.59 Å². The number of rotatable bonds is 23. The Bertz CT molecular complexity index is 1430. The van der Waals surface area contributed by atoms with Gasteiger partial charge in [0, 0.05) is 57.3 Å². The van der Waals surface area contributed by atoms with Gasteiger partial charge in [0.2, 0.25) is 11.8 Å². The van der Waals surface area contributed by atoms with Crippen molar-refractivity contribution >= 4 is 24.0 Å². The smallest absolute Gasteiger partial charge is 0.411 e. The van der Waals surface area contributed by atoms with E-state index in [1.54, 1.807) is 43.2 Å². The molecule has 340 valence electrons. The van der Waals surface area contributed by atoms with E-state index in [2.05, 4.69) is 42.6 Å². The van der Waals surface area contributed by atoms with Gasteiger partial charge in [0.05, 0.1) is 39.4 Å². The standard InChI is InChI=1S/C21H32N2O5.C14H19NO4.C8H17NO2.CH4O/c1-5-8-14-27-19(18(7-3)26-4)15-17(22-21(25)28-13-6-2)16-20(24)23-11-9-10-12-23;1-4-9-19-14(16)15-11-7-6-8-12(17-3)13(10-11)18-5-2;1-3-5-7(6-10)9-8(11)4-2;1-2/h6-7,15H,2-3,5,8-14,16H2,1,4H3,(H,22,25);4,6-8,10,12H,1,5,9H2,2-3H3,(H,15,16);7,10H,3-6H2,1-2H3,(H,9,11);2H,1H3/b17-15+,19-18-;;;. The van der Waals surface area contributed by atoms with Crippen LogP contribution in [0.2, 0.25) is 0 Å². The number of hydrogen-bond donors (Lipinski definition) is 5. The summed E-state index contributed by atoms with van der Waals surface area (Å²) in [7, 11) is 4.10. The summed E-state index contributed by atoms with van der Waals surface area (Å²) in [4.78, 5) is 48.7. The number of carbonyl (C=O) groups is 4. The number of alkyl carbamates (subject to hydrolysis) is 2. The monoisotopic (exact) mass is 849 g/mol. The van der Waals surface area contributed by atoms with E-state index >= 15 is 0 Å². The van der Waals surface area contributed by atoms with Gasteiger partial charge in [-0.05, 0) is 50.8 Å². The molecule has 1 heterocycles. The highest BCUT2D eigenvalue weighted by molar-refractivity contribution is 5.81. The molecule has 0 radical (unpaired) electrons. The van der Waals surface area contributed by atoms with E-state index in [9.17, 15) is 19.2 Å². The quantitative estimate of drug-likeness (QED) is 0.0337. The van der Waals surface area contributed by atoms with Crippen LogP contribution in [0.1, 0.15) is 79.1 Å². The molecule has 60 heavy (non-hydrogen) atoms. The summed E-state index contributed by atoms with van der Waals surface area (Å²) in [6.45, 7) is 21.2. The van der Waals surface area contributed by atoms with Crippen LogP contribution in [-0.4, -0.2) is 119 Å². The average Bonchev–Trinajstić information content (AvgIpc) is 3.73. The lowest BCUT2D eigenvalue weighted by Gasteiger charge is -2.18. The minimum Gasteiger partial charge on any atom is -0.495 e. The SMILES string of the molecule is C=CCOC(=O)N/C(=C/C(OCCCC)=C(\C=C)OC)CC(=O)N1CCCC1.C=CCOC(=O)NC1=CC=CC(OC)C(OCC)=C1.CCCC(CO)NC(=O)CC.CO. The van der Waals surface area contributed by atoms with Gasteiger partial charge in [-0.2, -0.15) is 0 Å². The number of ether oxygens (including phenoxy) is 6. The van der Waals surface area contributed by atoms with E-state index in [4.69, 9.17) is 38.6 Å². The lowest BCUT2D eigenvalue weighted by atomic mass is 10.2. The molecule has 16 nitrogen and oxygen atoms in total. The second-order valence-corrected chi connectivity index (χ2v) is 12.5. The molecule has 2 atom stereocenters. The summed E-state index contributed by atoms with van der Waals surface area (Å²) in [6.07, 6.45) is 17.9. The summed E-state index contributed by atoms with van der Waals surface area (Å²) in [6, 6.07) is -0.0487. The summed E-state index contributed by atoms with van der Waals surface area (Å²) in [5.74, 6) is 1.41. The summed E-state index contributed by atoms with van der Waals surface area (Å²) >= 11 is 0. The highest BCUT2D eigenvalue weighted by atomic mass is 16.6. The Balaban J connectivity index is 0. The van der Waals surface area contributed by atoms with Crippen LogP contribution in [0.3, 0.4) is 0 Å². The van der Waals surface area contributed by atoms with Crippen molar-refractivity contribution in [3.63, 3.8) is 0 Å². The third-order valence-electron chi connectivity index (χ3n) is 7.93. The molecule has 0 aromatic rings. The van der Waals surface area contributed by atoms with Gasteiger partial charge >= 0.3 is 12.2 Å². The fraction of sp³-hybridized carbons (Fsp3) is 0.545. The number of nitrogens with zero attached hydrogens (tertiary/aromatic N) is 1. The first-order valence-electron chi connectivity index (χ1n) is 20.2. The molecule has 5 N–H and O–H groups in total. The number of hydrogen-bond acceptors (Lipinski definition) is 12. The number of allylic oxidation sites excluding steroid dienone is 5. The van der Waals surface area contributed by atoms with Crippen LogP contribution in [0.25, 0.3) is 0 Å². The van der Waals surface area contributed by atoms with Gasteiger partial charge < -0.3 is 48.9 Å². The van der Waals surface area contributed by atoms with Gasteiger partial charge in [0.25, 0.3) is 0 Å². The summed E-state index contributed by atoms with van der Waals surface area (Å²) < 4.78 is 31.7. The minimum atomic E-state index is -0.661. The Morgan fingerprint density at radius 2 is 1.58 bits per heavy atom. The van der Waals surface area contributed by atoms with Crippen LogP contribution < -0.4 is 16.0 Å². The van der Waals surface area contributed by atoms with Crippen molar-refractivity contribution in [1.82, 2.24) is 20.9 Å². The van der Waals surface area contributed by atoms with E-state index in [1.807, 2.05) is 19.9 Å². The first-order chi connectivity index (χ1) is 29.0. The van der Waals surface area contributed by atoms with Crippen LogP contribution >= 0.6 is 0 Å². The Labute approximate surface area is 357 Å². The fourth-order valence-electron chi connectivity index (χ4n) is 5.00. The van der Waals surface area contributed by atoms with Gasteiger partial charge in [0.15, 0.2) is 11.5 Å². The molecule has 1 saturated heterocycles. The van der Waals surface area contributed by atoms with Crippen LogP contribution in [-0.2, 0) is 38.0 Å². The van der Waals surface area contributed by atoms with Crippen LogP contribution in [0.5, 0.6) is 0 Å². The van der Waals surface area contributed by atoms with Crippen LogP contribution in [0, 0.1) is 0 Å². The molecule has 0 aromatic carbocycles. The molecule has 1 aliphatic carbocycles. The maximum atomic E-state index is 12.6. The lowest BCUT2D eigenvalue weighted by molar-refractivity contribution is -0.129. The van der Waals surface area contributed by atoms with E-state index in [1.165, 1.54) is 25.3 Å². The molecule has 2 unspecified atom stereocenters. The molecule has 0 bridgehead atoms. The molecule has 4 amide bonds. The maximum absolute atomic E-state index is 12.6. The van der Waals surface area contributed by atoms with Crippen molar-refractivity contribution in [3.8, 4) is 0 Å². The third-order valence-corrected chi connectivity index (χ3v) is 7.93. The molecule has 1 aliphatic heterocycles. The van der Waals surface area contributed by atoms with Crippen molar-refractivity contribution in [3.05, 3.63) is 97.0 Å². The Morgan fingerprint density at radius 3 is 2.10 bits per heavy atom. The first-order valence-corrected chi connectivity index (χ1v) is 20.2. The highest BCUT2D eigenvalue weighted by Crippen LogP contribution is 2.18. The molecule has 0 saturated carbocycles. The predicted octanol–water partition coefficient (Wildman–Crippen LogP) is 6.23. The van der Waals surface area contributed by atoms with Gasteiger partial charge in [0.1, 0.15) is 25.1 Å². The number of carbonyl (C=O) groups excluding carboxylic acids is 4. The zero-order chi connectivity index (χ0) is 45.6. The normalized spacial score (nSPS) is 15.0. The predicted molar refractivity (Wildman–Crippen MR) is 233 cm³/mol. The van der Waals surface area contributed by atoms with Crippen molar-refractivity contribution in [1.29, 1.82) is 0 Å². The van der Waals surface area contributed by atoms with Crippen molar-refractivity contribution in [2.24, 2.45) is 0 Å². The van der Waals surface area contributed by atoms with Gasteiger partial charge in [-0.1, -0.05) is 71.6 Å². The molecular formula is C44H72N4O12. The summed E-state index contributed by atoms with van der Waals surface area (Å²) in [5, 5.41) is 23.8. The van der Waals surface area contributed by atoms with Gasteiger partial charge in [-0.25, -0.2) is 9.59 Å². The number of likely N-dealkylation sites (tertiary alicyclic amines) is 1. The van der Waals surface area contributed by atoms with Crippen molar-refractivity contribution in [2.45, 2.75) is 91.2 Å². The zero-order valence-corrected chi connectivity index (χ0v) is 36.9. The number of methoxy groups -OCH3 is 2. The molecule has 2 rings (SSSR count). The number of aliphatic hydroxyl groups is 2. The number of nitrogens with one attached hydrogen (secondary N) is 3. The summed E-state index contributed by atoms with van der Waals surface area (Å²) in [5.41, 5.74) is 0.946. The van der Waals surface area contributed by atoms with E-state index in [0.717, 1.165) is 58.7 Å². The molecule has 1 fully saturated rings. The zero-order valence-electron chi connectivity index (χ0n) is 36.9. The first kappa shape index (κ1) is 56.8. The van der Waals surface area contributed by atoms with E-state index in [0.29, 0.717) is 48.3 Å². The topological polar surface area (TPSA) is 203 Å². The number of aliphatic hydroxyl groups excluding tert-OH is 2. The Hall–Kier alpha value is -5.32. The van der Waals surface area contributed by atoms with Crippen molar-refractivity contribution < 1.29 is 57.8 Å². The Kier molecular flexibility index (Phi) is 35.9. The molecule has 0 aromatic heterocycles. The van der Waals surface area contributed by atoms with E-state index < -0.39 is 12.2 Å². The molecule has 16 heteroatoms. The van der Waals surface area contributed by atoms with Gasteiger partial charge in [-0.15, -0.1) is 0 Å². The third kappa shape index (κ3) is 26.6. The number of amides is 4. The van der Waals surface area contributed by atoms with Crippen LogP contribution in [0.15, 0.2) is 97.0 Å². The van der Waals surface area contributed by atoms with E-state index in [-0.39, 0.29) is 50.2 Å². The largest absolute Gasteiger partial charge is 0.495 e. The second-order valence-electron chi connectivity index (χ2n) is 12.5. The molecule has 0 spiro atoms. The molecular weight excluding hydrogens is 776 g/mol. The highest BCUT2D eigenvalue weighted by Gasteiger charge is 2.21. The minimum absolute atomic E-state index is 0.0116. The lowest BCUT2D eigenvalue weighted by Crippen LogP contribution is -2.36. The van der Waals surface area contributed by atoms with Crippen molar-refractivity contribution in [2.75, 3.05) is 67.5 Å². The second kappa shape index (κ2) is 37.9. The fourth-order valence-corrected chi connectivity index (χ4v) is 5.00. The maximum Gasteiger partial charge on any atom is 0.411 e. The average molecular weight is 849 g/mol. The van der Waals surface area contributed by atoms with Gasteiger partial charge in [-0.3, -0.25) is 20.2 Å².